The zero-order valence-electron chi connectivity index (χ0n) is 10.8. The summed E-state index contributed by atoms with van der Waals surface area (Å²) >= 11 is 1.18. The van der Waals surface area contributed by atoms with E-state index >= 15 is 0 Å². The minimum absolute atomic E-state index is 0.0138. The number of carbonyl (C=O) groups excluding carboxylic acids is 2. The van der Waals surface area contributed by atoms with E-state index in [9.17, 15) is 9.59 Å². The summed E-state index contributed by atoms with van der Waals surface area (Å²) in [4.78, 5) is 25.0. The van der Waals surface area contributed by atoms with Gasteiger partial charge in [-0.1, -0.05) is 12.1 Å². The molecule has 1 rings (SSSR count). The van der Waals surface area contributed by atoms with Crippen molar-refractivity contribution in [2.75, 3.05) is 21.2 Å². The largest absolute Gasteiger partial charge is 0.469 e. The number of esters is 1. The quantitative estimate of drug-likeness (QED) is 0.621. The maximum Gasteiger partial charge on any atom is 0.305 e. The van der Waals surface area contributed by atoms with Gasteiger partial charge in [-0.3, -0.25) is 9.59 Å². The first-order chi connectivity index (χ1) is 8.52. The van der Waals surface area contributed by atoms with E-state index in [4.69, 9.17) is 0 Å². The average Bonchev–Trinajstić information content (AvgIpc) is 2.36. The fourth-order valence-electron chi connectivity index (χ4n) is 1.31. The van der Waals surface area contributed by atoms with Crippen LogP contribution >= 0.6 is 11.8 Å². The first-order valence-corrected chi connectivity index (χ1v) is 6.39. The van der Waals surface area contributed by atoms with Crippen LogP contribution in [0.15, 0.2) is 29.2 Å². The van der Waals surface area contributed by atoms with Crippen LogP contribution in [-0.2, 0) is 16.0 Å². The number of thioether (sulfide) groups is 1. The van der Waals surface area contributed by atoms with E-state index < -0.39 is 0 Å². The van der Waals surface area contributed by atoms with Crippen molar-refractivity contribution in [1.29, 1.82) is 0 Å². The molecule has 0 aliphatic carbocycles. The molecule has 0 aliphatic rings. The Morgan fingerprint density at radius 3 is 2.67 bits per heavy atom. The third kappa shape index (κ3) is 4.79. The van der Waals surface area contributed by atoms with Gasteiger partial charge in [0.15, 0.2) is 0 Å². The van der Waals surface area contributed by atoms with Crippen LogP contribution < -0.4 is 0 Å². The van der Waals surface area contributed by atoms with Gasteiger partial charge in [0.2, 0.25) is 0 Å². The Balaban J connectivity index is 2.62. The van der Waals surface area contributed by atoms with Crippen LogP contribution in [0.4, 0.5) is 4.79 Å². The van der Waals surface area contributed by atoms with Crippen molar-refractivity contribution in [3.8, 4) is 0 Å². The molecule has 0 heterocycles. The van der Waals surface area contributed by atoms with Gasteiger partial charge in [-0.05, 0) is 35.9 Å². The van der Waals surface area contributed by atoms with Crippen molar-refractivity contribution in [2.45, 2.75) is 17.7 Å². The zero-order chi connectivity index (χ0) is 13.5. The van der Waals surface area contributed by atoms with E-state index in [-0.39, 0.29) is 11.2 Å². The number of hydrogen-bond donors (Lipinski definition) is 0. The molecule has 0 aromatic heterocycles. The number of rotatable bonds is 4. The fourth-order valence-corrected chi connectivity index (χ4v) is 2.05. The van der Waals surface area contributed by atoms with Crippen molar-refractivity contribution < 1.29 is 14.3 Å². The van der Waals surface area contributed by atoms with E-state index in [0.717, 1.165) is 10.5 Å². The summed E-state index contributed by atoms with van der Waals surface area (Å²) in [6.45, 7) is 0. The lowest BCUT2D eigenvalue weighted by Crippen LogP contribution is -2.16. The highest BCUT2D eigenvalue weighted by Crippen LogP contribution is 2.22. The molecule has 1 amide bonds. The van der Waals surface area contributed by atoms with Gasteiger partial charge in [0.25, 0.3) is 5.24 Å². The molecule has 18 heavy (non-hydrogen) atoms. The molecule has 0 fully saturated rings. The number of aryl methyl sites for hydroxylation is 1. The second-order valence-electron chi connectivity index (χ2n) is 3.99. The van der Waals surface area contributed by atoms with Crippen LogP contribution in [-0.4, -0.2) is 37.3 Å². The molecule has 0 radical (unpaired) electrons. The minimum Gasteiger partial charge on any atom is -0.469 e. The molecular weight excluding hydrogens is 250 g/mol. The Morgan fingerprint density at radius 2 is 2.06 bits per heavy atom. The molecule has 0 bridgehead atoms. The van der Waals surface area contributed by atoms with Crippen molar-refractivity contribution in [2.24, 2.45) is 0 Å². The summed E-state index contributed by atoms with van der Waals surface area (Å²) in [7, 11) is 4.82. The minimum atomic E-state index is -0.225. The third-order valence-corrected chi connectivity index (χ3v) is 3.34. The third-order valence-electron chi connectivity index (χ3n) is 2.31. The molecule has 0 saturated carbocycles. The Morgan fingerprint density at radius 1 is 1.33 bits per heavy atom. The lowest BCUT2D eigenvalue weighted by Gasteiger charge is -2.09. The summed E-state index contributed by atoms with van der Waals surface area (Å²) in [5.74, 6) is -0.225. The molecule has 4 nitrogen and oxygen atoms in total. The second-order valence-corrected chi connectivity index (χ2v) is 5.01. The summed E-state index contributed by atoms with van der Waals surface area (Å²) < 4.78 is 4.59. The highest BCUT2D eigenvalue weighted by Gasteiger charge is 2.07. The van der Waals surface area contributed by atoms with Crippen LogP contribution in [0.2, 0.25) is 0 Å². The molecule has 0 saturated heterocycles. The van der Waals surface area contributed by atoms with Crippen LogP contribution in [0.3, 0.4) is 0 Å². The van der Waals surface area contributed by atoms with Crippen molar-refractivity contribution in [1.82, 2.24) is 4.90 Å². The average molecular weight is 267 g/mol. The van der Waals surface area contributed by atoms with Gasteiger partial charge < -0.3 is 9.64 Å². The molecular formula is C13H17NO3S. The Bertz CT molecular complexity index is 432. The molecule has 0 unspecified atom stereocenters. The number of carbonyl (C=O) groups is 2. The maximum atomic E-state index is 11.6. The topological polar surface area (TPSA) is 46.6 Å². The standard InChI is InChI=1S/C13H17NO3S/c1-14(2)13(16)18-11-6-4-5-10(9-11)7-8-12(15)17-3/h4-6,9H,7-8H2,1-3H3. The second kappa shape index (κ2) is 7.06. The lowest BCUT2D eigenvalue weighted by molar-refractivity contribution is -0.140. The highest BCUT2D eigenvalue weighted by molar-refractivity contribution is 8.13. The highest BCUT2D eigenvalue weighted by atomic mass is 32.2. The zero-order valence-corrected chi connectivity index (χ0v) is 11.6. The van der Waals surface area contributed by atoms with Crippen LogP contribution in [0.1, 0.15) is 12.0 Å². The number of nitrogens with zero attached hydrogens (tertiary/aromatic N) is 1. The molecule has 1 aromatic carbocycles. The Hall–Kier alpha value is -1.49. The van der Waals surface area contributed by atoms with E-state index in [1.165, 1.54) is 23.8 Å². The van der Waals surface area contributed by atoms with Gasteiger partial charge in [-0.2, -0.15) is 0 Å². The van der Waals surface area contributed by atoms with Crippen molar-refractivity contribution in [3.63, 3.8) is 0 Å². The Labute approximate surface area is 111 Å². The Kier molecular flexibility index (Phi) is 5.71. The molecule has 0 atom stereocenters. The molecule has 0 spiro atoms. The van der Waals surface area contributed by atoms with Crippen LogP contribution in [0.5, 0.6) is 0 Å². The fraction of sp³-hybridized carbons (Fsp3) is 0.385. The summed E-state index contributed by atoms with van der Waals surface area (Å²) in [5.41, 5.74) is 1.02. The number of methoxy groups -OCH3 is 1. The number of ether oxygens (including phenoxy) is 1. The maximum absolute atomic E-state index is 11.6. The van der Waals surface area contributed by atoms with Gasteiger partial charge in [-0.15, -0.1) is 0 Å². The van der Waals surface area contributed by atoms with Crippen LogP contribution in [0, 0.1) is 0 Å². The van der Waals surface area contributed by atoms with Crippen molar-refractivity contribution in [3.05, 3.63) is 29.8 Å². The predicted octanol–water partition coefficient (Wildman–Crippen LogP) is 2.57. The summed E-state index contributed by atoms with van der Waals surface area (Å²) in [5, 5.41) is -0.0138. The van der Waals surface area contributed by atoms with E-state index in [1.54, 1.807) is 14.1 Å². The van der Waals surface area contributed by atoms with E-state index in [2.05, 4.69) is 4.74 Å². The summed E-state index contributed by atoms with van der Waals surface area (Å²) in [6.07, 6.45) is 0.976. The van der Waals surface area contributed by atoms with Gasteiger partial charge in [0.05, 0.1) is 7.11 Å². The predicted molar refractivity (Wildman–Crippen MR) is 71.7 cm³/mol. The smallest absolute Gasteiger partial charge is 0.305 e. The lowest BCUT2D eigenvalue weighted by atomic mass is 10.1. The van der Waals surface area contributed by atoms with Gasteiger partial charge in [0.1, 0.15) is 0 Å². The SMILES string of the molecule is COC(=O)CCc1cccc(SC(=O)N(C)C)c1. The monoisotopic (exact) mass is 267 g/mol. The molecule has 98 valence electrons. The van der Waals surface area contributed by atoms with E-state index in [0.29, 0.717) is 12.8 Å². The number of hydrogen-bond acceptors (Lipinski definition) is 4. The normalized spacial score (nSPS) is 9.94. The van der Waals surface area contributed by atoms with Gasteiger partial charge in [-0.25, -0.2) is 0 Å². The first-order valence-electron chi connectivity index (χ1n) is 5.58. The van der Waals surface area contributed by atoms with Gasteiger partial charge >= 0.3 is 5.97 Å². The molecule has 1 aromatic rings. The van der Waals surface area contributed by atoms with Gasteiger partial charge in [0, 0.05) is 25.4 Å². The van der Waals surface area contributed by atoms with Crippen molar-refractivity contribution >= 4 is 23.0 Å². The number of benzene rings is 1. The van der Waals surface area contributed by atoms with E-state index in [1.807, 2.05) is 24.3 Å². The molecule has 0 aliphatic heterocycles. The molecule has 5 heteroatoms. The first kappa shape index (κ1) is 14.6. The van der Waals surface area contributed by atoms with Crippen LogP contribution in [0.25, 0.3) is 0 Å². The number of amides is 1. The summed E-state index contributed by atoms with van der Waals surface area (Å²) in [6, 6.07) is 7.63. The molecule has 0 N–H and O–H groups in total.